The molecule has 2 saturated heterocycles. The lowest BCUT2D eigenvalue weighted by Crippen LogP contribution is -2.59. The Labute approximate surface area is 140 Å². The van der Waals surface area contributed by atoms with Gasteiger partial charge in [0.05, 0.1) is 10.5 Å². The smallest absolute Gasteiger partial charge is 0.193 e. The first kappa shape index (κ1) is 18.5. The third-order valence-electron chi connectivity index (χ3n) is 5.03. The summed E-state index contributed by atoms with van der Waals surface area (Å²) in [4.78, 5) is 11.1. The summed E-state index contributed by atoms with van der Waals surface area (Å²) in [6.07, 6.45) is 0. The summed E-state index contributed by atoms with van der Waals surface area (Å²) in [6.45, 7) is 8.59. The van der Waals surface area contributed by atoms with Crippen molar-refractivity contribution in [2.45, 2.75) is 24.6 Å². The van der Waals surface area contributed by atoms with Crippen LogP contribution in [0.4, 0.5) is 0 Å². The molecule has 7 nitrogen and oxygen atoms in total. The van der Waals surface area contributed by atoms with Crippen molar-refractivity contribution in [3.63, 3.8) is 0 Å². The molecule has 134 valence electrons. The zero-order valence-corrected chi connectivity index (χ0v) is 15.9. The molecule has 0 saturated carbocycles. The fraction of sp³-hybridized carbons (Fsp3) is 0.933. The van der Waals surface area contributed by atoms with Gasteiger partial charge in [-0.3, -0.25) is 9.89 Å². The molecule has 0 bridgehead atoms. The highest BCUT2D eigenvalue weighted by Crippen LogP contribution is 2.23. The van der Waals surface area contributed by atoms with Crippen LogP contribution in [0.3, 0.4) is 0 Å². The van der Waals surface area contributed by atoms with Crippen molar-refractivity contribution < 1.29 is 8.42 Å². The van der Waals surface area contributed by atoms with Crippen molar-refractivity contribution in [3.05, 3.63) is 0 Å². The topological polar surface area (TPSA) is 68.2 Å². The maximum absolute atomic E-state index is 12.1. The molecule has 0 amide bonds. The van der Waals surface area contributed by atoms with Crippen LogP contribution in [0.5, 0.6) is 0 Å². The van der Waals surface area contributed by atoms with Crippen LogP contribution in [0.2, 0.25) is 0 Å². The third-order valence-corrected chi connectivity index (χ3v) is 7.56. The minimum absolute atomic E-state index is 0.187. The summed E-state index contributed by atoms with van der Waals surface area (Å²) >= 11 is 0. The van der Waals surface area contributed by atoms with Gasteiger partial charge >= 0.3 is 0 Å². The Bertz CT molecular complexity index is 546. The number of nitrogens with zero attached hydrogens (tertiary/aromatic N) is 4. The highest BCUT2D eigenvalue weighted by Gasteiger charge is 2.41. The second-order valence-corrected chi connectivity index (χ2v) is 10.1. The number of hydrogen-bond acceptors (Lipinski definition) is 5. The zero-order valence-electron chi connectivity index (χ0n) is 15.0. The number of sulfone groups is 1. The van der Waals surface area contributed by atoms with E-state index >= 15 is 0 Å². The van der Waals surface area contributed by atoms with E-state index in [0.717, 1.165) is 32.1 Å². The average Bonchev–Trinajstić information content (AvgIpc) is 2.46. The van der Waals surface area contributed by atoms with E-state index in [2.05, 4.69) is 39.1 Å². The maximum atomic E-state index is 12.1. The van der Waals surface area contributed by atoms with E-state index in [1.807, 2.05) is 0 Å². The monoisotopic (exact) mass is 345 g/mol. The molecule has 8 heteroatoms. The third kappa shape index (κ3) is 4.16. The molecule has 0 aliphatic carbocycles. The first-order valence-corrected chi connectivity index (χ1v) is 9.88. The Morgan fingerprint density at radius 2 is 1.96 bits per heavy atom. The normalized spacial score (nSPS) is 29.5. The van der Waals surface area contributed by atoms with E-state index in [-0.39, 0.29) is 5.75 Å². The van der Waals surface area contributed by atoms with Crippen LogP contribution in [0.15, 0.2) is 4.99 Å². The fourth-order valence-electron chi connectivity index (χ4n) is 3.19. The lowest BCUT2D eigenvalue weighted by atomic mass is 10.2. The van der Waals surface area contributed by atoms with Crippen LogP contribution in [-0.2, 0) is 9.84 Å². The molecular weight excluding hydrogens is 314 g/mol. The van der Waals surface area contributed by atoms with Gasteiger partial charge in [-0.15, -0.1) is 0 Å². The molecule has 2 heterocycles. The molecule has 0 aromatic heterocycles. The van der Waals surface area contributed by atoms with Crippen LogP contribution >= 0.6 is 0 Å². The fourth-order valence-corrected chi connectivity index (χ4v) is 4.55. The van der Waals surface area contributed by atoms with E-state index < -0.39 is 14.6 Å². The SMILES string of the molecule is CN=C(NCC1CN(C)CCN1C)N1CCS(=O)(=O)C(C)(C)C1. The molecule has 2 fully saturated rings. The molecule has 23 heavy (non-hydrogen) atoms. The summed E-state index contributed by atoms with van der Waals surface area (Å²) in [7, 11) is 3.03. The van der Waals surface area contributed by atoms with Crippen molar-refractivity contribution >= 4 is 15.8 Å². The molecule has 1 unspecified atom stereocenters. The number of rotatable bonds is 2. The minimum Gasteiger partial charge on any atom is -0.355 e. The molecular formula is C15H31N5O2S. The van der Waals surface area contributed by atoms with Crippen LogP contribution in [0.25, 0.3) is 0 Å². The number of aliphatic imine (C=N–C) groups is 1. The van der Waals surface area contributed by atoms with Crippen molar-refractivity contribution in [2.24, 2.45) is 4.99 Å². The highest BCUT2D eigenvalue weighted by atomic mass is 32.2. The van der Waals surface area contributed by atoms with Crippen LogP contribution in [-0.4, -0.2) is 106 Å². The second kappa shape index (κ2) is 6.94. The van der Waals surface area contributed by atoms with E-state index in [9.17, 15) is 8.42 Å². The Hall–Kier alpha value is -0.860. The first-order chi connectivity index (χ1) is 10.7. The summed E-state index contributed by atoms with van der Waals surface area (Å²) < 4.78 is 23.6. The molecule has 0 radical (unpaired) electrons. The van der Waals surface area contributed by atoms with Gasteiger partial charge in [0, 0.05) is 52.4 Å². The lowest BCUT2D eigenvalue weighted by Gasteiger charge is -2.41. The van der Waals surface area contributed by atoms with E-state index in [1.54, 1.807) is 20.9 Å². The minimum atomic E-state index is -3.03. The van der Waals surface area contributed by atoms with Crippen LogP contribution in [0.1, 0.15) is 13.8 Å². The Kier molecular flexibility index (Phi) is 5.58. The summed E-state index contributed by atoms with van der Waals surface area (Å²) in [6, 6.07) is 0.437. The van der Waals surface area contributed by atoms with Crippen molar-refractivity contribution in [2.75, 3.05) is 66.2 Å². The number of guanidine groups is 1. The Morgan fingerprint density at radius 1 is 1.26 bits per heavy atom. The largest absolute Gasteiger partial charge is 0.355 e. The molecule has 2 aliphatic heterocycles. The predicted molar refractivity (Wildman–Crippen MR) is 94.7 cm³/mol. The van der Waals surface area contributed by atoms with Gasteiger partial charge < -0.3 is 15.1 Å². The number of piperazine rings is 1. The molecule has 2 rings (SSSR count). The van der Waals surface area contributed by atoms with Gasteiger partial charge in [-0.1, -0.05) is 0 Å². The number of nitrogens with one attached hydrogen (secondary N) is 1. The predicted octanol–water partition coefficient (Wildman–Crippen LogP) is -0.683. The van der Waals surface area contributed by atoms with Gasteiger partial charge in [-0.2, -0.15) is 0 Å². The summed E-state index contributed by atoms with van der Waals surface area (Å²) in [5, 5.41) is 3.44. The molecule has 1 N–H and O–H groups in total. The standard InChI is InChI=1S/C15H31N5O2S/c1-15(2)12-20(8-9-23(15,21)22)14(16-3)17-10-13-11-18(4)6-7-19(13)5/h13H,6-12H2,1-5H3,(H,16,17). The maximum Gasteiger partial charge on any atom is 0.193 e. The lowest BCUT2D eigenvalue weighted by molar-refractivity contribution is 0.116. The molecule has 0 aromatic carbocycles. The van der Waals surface area contributed by atoms with Gasteiger partial charge in [0.15, 0.2) is 15.8 Å². The van der Waals surface area contributed by atoms with Gasteiger partial charge in [0.1, 0.15) is 0 Å². The molecule has 2 aliphatic rings. The zero-order chi connectivity index (χ0) is 17.3. The first-order valence-electron chi connectivity index (χ1n) is 8.23. The van der Waals surface area contributed by atoms with E-state index in [4.69, 9.17) is 0 Å². The number of hydrogen-bond donors (Lipinski definition) is 1. The van der Waals surface area contributed by atoms with Crippen LogP contribution in [0, 0.1) is 0 Å². The second-order valence-electron chi connectivity index (χ2n) is 7.32. The van der Waals surface area contributed by atoms with E-state index in [0.29, 0.717) is 19.1 Å². The summed E-state index contributed by atoms with van der Waals surface area (Å²) in [5.41, 5.74) is 0. The number of likely N-dealkylation sites (N-methyl/N-ethyl adjacent to an activating group) is 2. The molecule has 0 spiro atoms. The van der Waals surface area contributed by atoms with Gasteiger partial charge in [0.25, 0.3) is 0 Å². The Morgan fingerprint density at radius 3 is 2.57 bits per heavy atom. The van der Waals surface area contributed by atoms with Crippen molar-refractivity contribution in [3.8, 4) is 0 Å². The highest BCUT2D eigenvalue weighted by molar-refractivity contribution is 7.92. The van der Waals surface area contributed by atoms with E-state index in [1.165, 1.54) is 0 Å². The molecule has 1 atom stereocenters. The van der Waals surface area contributed by atoms with Gasteiger partial charge in [-0.05, 0) is 27.9 Å². The van der Waals surface area contributed by atoms with Crippen molar-refractivity contribution in [1.82, 2.24) is 20.0 Å². The average molecular weight is 346 g/mol. The van der Waals surface area contributed by atoms with Crippen LogP contribution < -0.4 is 5.32 Å². The van der Waals surface area contributed by atoms with Gasteiger partial charge in [-0.25, -0.2) is 8.42 Å². The van der Waals surface area contributed by atoms with Gasteiger partial charge in [0.2, 0.25) is 0 Å². The summed E-state index contributed by atoms with van der Waals surface area (Å²) in [5.74, 6) is 0.988. The molecule has 0 aromatic rings. The quantitative estimate of drug-likeness (QED) is 0.528. The van der Waals surface area contributed by atoms with Crippen molar-refractivity contribution in [1.29, 1.82) is 0 Å². The Balaban J connectivity index is 1.96.